The van der Waals surface area contributed by atoms with Gasteiger partial charge >= 0.3 is 0 Å². The molecule has 3 heterocycles. The summed E-state index contributed by atoms with van der Waals surface area (Å²) in [6.07, 6.45) is 2.92. The molecule has 1 fully saturated rings. The number of rotatable bonds is 5. The number of aryl methyl sites for hydroxylation is 1. The van der Waals surface area contributed by atoms with Gasteiger partial charge in [0.1, 0.15) is 28.6 Å². The van der Waals surface area contributed by atoms with E-state index in [0.29, 0.717) is 11.4 Å². The third kappa shape index (κ3) is 4.94. The molecule has 4 rings (SSSR count). The maximum Gasteiger partial charge on any atom is 0.269 e. The number of hydrogen-bond acceptors (Lipinski definition) is 7. The minimum absolute atomic E-state index is 0.0199. The molecule has 10 heteroatoms. The quantitative estimate of drug-likeness (QED) is 0.451. The molecular weight excluding hydrogens is 444 g/mol. The van der Waals surface area contributed by atoms with E-state index >= 15 is 0 Å². The Hall–Kier alpha value is -3.97. The van der Waals surface area contributed by atoms with Crippen LogP contribution in [0.3, 0.4) is 0 Å². The first kappa shape index (κ1) is 22.2. The fraction of sp³-hybridized carbons (Fsp3) is 0.217. The van der Waals surface area contributed by atoms with Crippen LogP contribution in [-0.4, -0.2) is 41.3 Å². The lowest BCUT2D eigenvalue weighted by Crippen LogP contribution is -2.36. The fourth-order valence-corrected chi connectivity index (χ4v) is 5.21. The van der Waals surface area contributed by atoms with E-state index in [-0.39, 0.29) is 34.9 Å². The normalized spacial score (nSPS) is 17.5. The van der Waals surface area contributed by atoms with Gasteiger partial charge in [-0.05, 0) is 49.2 Å². The third-order valence-electron chi connectivity index (χ3n) is 5.16. The molecule has 1 aliphatic rings. The van der Waals surface area contributed by atoms with E-state index < -0.39 is 27.3 Å². The number of amides is 1. The summed E-state index contributed by atoms with van der Waals surface area (Å²) in [5.41, 5.74) is 0.313. The van der Waals surface area contributed by atoms with E-state index in [1.165, 1.54) is 10.6 Å². The first-order chi connectivity index (χ1) is 15.8. The first-order valence-electron chi connectivity index (χ1n) is 10.1. The van der Waals surface area contributed by atoms with E-state index in [2.05, 4.69) is 10.3 Å². The fourth-order valence-electron chi connectivity index (χ4n) is 3.54. The Labute approximate surface area is 189 Å². The Morgan fingerprint density at radius 2 is 2.12 bits per heavy atom. The highest BCUT2D eigenvalue weighted by molar-refractivity contribution is 7.91. The minimum Gasteiger partial charge on any atom is -0.438 e. The first-order valence-corrected chi connectivity index (χ1v) is 12.0. The van der Waals surface area contributed by atoms with Crippen LogP contribution in [-0.2, 0) is 14.6 Å². The van der Waals surface area contributed by atoms with Crippen LogP contribution in [0.15, 0.2) is 59.0 Å². The van der Waals surface area contributed by atoms with Gasteiger partial charge in [-0.1, -0.05) is 18.2 Å². The molecule has 1 aliphatic heterocycles. The number of carbonyl (C=O) groups excluding carboxylic acids is 1. The van der Waals surface area contributed by atoms with Crippen LogP contribution >= 0.6 is 0 Å². The molecule has 33 heavy (non-hydrogen) atoms. The highest BCUT2D eigenvalue weighted by Crippen LogP contribution is 2.25. The zero-order valence-electron chi connectivity index (χ0n) is 17.7. The maximum absolute atomic E-state index is 13.2. The Balaban J connectivity index is 1.76. The highest BCUT2D eigenvalue weighted by Gasteiger charge is 2.29. The van der Waals surface area contributed by atoms with Crippen molar-refractivity contribution in [3.05, 3.63) is 75.7 Å². The van der Waals surface area contributed by atoms with Gasteiger partial charge in [-0.3, -0.25) is 14.0 Å². The summed E-state index contributed by atoms with van der Waals surface area (Å²) in [6.45, 7) is 1.89. The Kier molecular flexibility index (Phi) is 5.98. The second kappa shape index (κ2) is 8.88. The summed E-state index contributed by atoms with van der Waals surface area (Å²) in [6, 6.07) is 13.4. The van der Waals surface area contributed by atoms with E-state index in [4.69, 9.17) is 4.74 Å². The Morgan fingerprint density at radius 1 is 1.30 bits per heavy atom. The zero-order valence-corrected chi connectivity index (χ0v) is 18.5. The molecule has 0 saturated carbocycles. The number of nitrogens with one attached hydrogen (secondary N) is 1. The lowest BCUT2D eigenvalue weighted by Gasteiger charge is -2.12. The van der Waals surface area contributed by atoms with Crippen LogP contribution in [0, 0.1) is 18.3 Å². The zero-order chi connectivity index (χ0) is 23.6. The summed E-state index contributed by atoms with van der Waals surface area (Å²) in [7, 11) is -3.21. The number of fused-ring (bicyclic) bond motifs is 1. The predicted octanol–water partition coefficient (Wildman–Crippen LogP) is 2.01. The number of sulfone groups is 1. The molecule has 1 N–H and O–H groups in total. The molecular formula is C23H20N4O5S. The summed E-state index contributed by atoms with van der Waals surface area (Å²) >= 11 is 0. The predicted molar refractivity (Wildman–Crippen MR) is 122 cm³/mol. The molecule has 0 spiro atoms. The van der Waals surface area contributed by atoms with Crippen molar-refractivity contribution in [2.75, 3.05) is 11.5 Å². The van der Waals surface area contributed by atoms with Crippen molar-refractivity contribution in [1.29, 1.82) is 5.26 Å². The van der Waals surface area contributed by atoms with Gasteiger partial charge in [0.25, 0.3) is 11.5 Å². The van der Waals surface area contributed by atoms with E-state index in [1.807, 2.05) is 13.0 Å². The van der Waals surface area contributed by atoms with Gasteiger partial charge in [0.2, 0.25) is 5.88 Å². The van der Waals surface area contributed by atoms with Crippen molar-refractivity contribution in [2.45, 2.75) is 19.4 Å². The van der Waals surface area contributed by atoms with Gasteiger partial charge in [-0.2, -0.15) is 10.2 Å². The summed E-state index contributed by atoms with van der Waals surface area (Å²) in [4.78, 5) is 30.3. The van der Waals surface area contributed by atoms with Gasteiger partial charge < -0.3 is 10.1 Å². The van der Waals surface area contributed by atoms with Crippen LogP contribution in [0.5, 0.6) is 11.6 Å². The number of nitrogens with zero attached hydrogens (tertiary/aromatic N) is 3. The molecule has 2 aromatic heterocycles. The number of ether oxygens (including phenoxy) is 1. The van der Waals surface area contributed by atoms with Gasteiger partial charge in [0.15, 0.2) is 9.84 Å². The molecule has 1 aromatic carbocycles. The van der Waals surface area contributed by atoms with Crippen molar-refractivity contribution < 1.29 is 17.9 Å². The highest BCUT2D eigenvalue weighted by atomic mass is 32.2. The monoisotopic (exact) mass is 464 g/mol. The van der Waals surface area contributed by atoms with Crippen LogP contribution in [0.1, 0.15) is 17.5 Å². The topological polar surface area (TPSA) is 131 Å². The van der Waals surface area contributed by atoms with E-state index in [9.17, 15) is 23.3 Å². The summed E-state index contributed by atoms with van der Waals surface area (Å²) in [5, 5.41) is 12.1. The molecule has 1 atom stereocenters. The lowest BCUT2D eigenvalue weighted by molar-refractivity contribution is -0.117. The number of nitriles is 1. The van der Waals surface area contributed by atoms with E-state index in [1.54, 1.807) is 42.5 Å². The largest absolute Gasteiger partial charge is 0.438 e. The summed E-state index contributed by atoms with van der Waals surface area (Å²) < 4.78 is 30.5. The number of pyridine rings is 1. The number of hydrogen-bond donors (Lipinski definition) is 1. The minimum atomic E-state index is -3.21. The summed E-state index contributed by atoms with van der Waals surface area (Å²) in [5.74, 6) is -0.580. The third-order valence-corrected chi connectivity index (χ3v) is 6.93. The standard InChI is InChI=1S/C23H20N4O5S/c1-15-5-4-6-18(11-15)32-22-19(23(29)27-9-3-2-7-20(27)26-22)12-16(13-24)21(28)25-17-8-10-33(30,31)14-17/h2-7,9,11-12,17H,8,10,14H2,1H3,(H,25,28)/b16-12+. The Morgan fingerprint density at radius 3 is 2.82 bits per heavy atom. The Bertz CT molecular complexity index is 1480. The molecule has 0 aliphatic carbocycles. The lowest BCUT2D eigenvalue weighted by atomic mass is 10.1. The average Bonchev–Trinajstić information content (AvgIpc) is 3.11. The van der Waals surface area contributed by atoms with Crippen LogP contribution in [0.4, 0.5) is 0 Å². The molecule has 1 saturated heterocycles. The van der Waals surface area contributed by atoms with Gasteiger partial charge in [0, 0.05) is 12.2 Å². The van der Waals surface area contributed by atoms with Crippen molar-refractivity contribution in [3.63, 3.8) is 0 Å². The van der Waals surface area contributed by atoms with Crippen LogP contribution < -0.4 is 15.6 Å². The van der Waals surface area contributed by atoms with Gasteiger partial charge in [-0.15, -0.1) is 0 Å². The molecule has 9 nitrogen and oxygen atoms in total. The number of benzene rings is 1. The van der Waals surface area contributed by atoms with Crippen LogP contribution in [0.25, 0.3) is 11.7 Å². The van der Waals surface area contributed by atoms with Crippen molar-refractivity contribution in [3.8, 4) is 17.7 Å². The smallest absolute Gasteiger partial charge is 0.269 e. The second-order valence-corrected chi connectivity index (χ2v) is 9.96. The molecule has 0 radical (unpaired) electrons. The van der Waals surface area contributed by atoms with Crippen molar-refractivity contribution >= 4 is 27.5 Å². The molecule has 168 valence electrons. The van der Waals surface area contributed by atoms with Crippen LogP contribution in [0.2, 0.25) is 0 Å². The number of carbonyl (C=O) groups is 1. The van der Waals surface area contributed by atoms with Crippen molar-refractivity contribution in [1.82, 2.24) is 14.7 Å². The average molecular weight is 465 g/mol. The van der Waals surface area contributed by atoms with Gasteiger partial charge in [-0.25, -0.2) is 8.42 Å². The molecule has 0 bridgehead atoms. The molecule has 3 aromatic rings. The maximum atomic E-state index is 13.2. The number of aromatic nitrogens is 2. The molecule has 1 unspecified atom stereocenters. The van der Waals surface area contributed by atoms with Gasteiger partial charge in [0.05, 0.1) is 11.5 Å². The SMILES string of the molecule is Cc1cccc(Oc2nc3ccccn3c(=O)c2/C=C(\C#N)C(=O)NC2CCS(=O)(=O)C2)c1. The second-order valence-electron chi connectivity index (χ2n) is 7.73. The van der Waals surface area contributed by atoms with Crippen molar-refractivity contribution in [2.24, 2.45) is 0 Å². The molecule has 1 amide bonds. The van der Waals surface area contributed by atoms with E-state index in [0.717, 1.165) is 11.6 Å².